The van der Waals surface area contributed by atoms with Gasteiger partial charge in [0.1, 0.15) is 0 Å². The molecule has 0 bridgehead atoms. The first kappa shape index (κ1) is 10.4. The van der Waals surface area contributed by atoms with Crippen molar-refractivity contribution in [3.63, 3.8) is 0 Å². The quantitative estimate of drug-likeness (QED) is 0.585. The Morgan fingerprint density at radius 1 is 1.20 bits per heavy atom. The maximum absolute atomic E-state index is 2.47. The molecule has 0 rings (SSSR count). The molecule has 1 atom stereocenters. The molecule has 0 aliphatic heterocycles. The number of hydrogen-bond donors (Lipinski definition) is 0. The average molecular weight is 175 g/mol. The Morgan fingerprint density at radius 2 is 1.60 bits per heavy atom. The molecule has 0 radical (unpaired) electrons. The molecular weight excluding hydrogens is 154 g/mol. The van der Waals surface area contributed by atoms with Crippen LogP contribution in [0.15, 0.2) is 0 Å². The minimum Gasteiger partial charge on any atom is -0.334 e. The molecular formula is C7H21NSi2. The Morgan fingerprint density at radius 3 is 1.70 bits per heavy atom. The predicted molar refractivity (Wildman–Crippen MR) is 55.0 cm³/mol. The van der Waals surface area contributed by atoms with Crippen LogP contribution in [0.25, 0.3) is 0 Å². The van der Waals surface area contributed by atoms with Gasteiger partial charge in [-0.2, -0.15) is 0 Å². The van der Waals surface area contributed by atoms with E-state index in [9.17, 15) is 0 Å². The van der Waals surface area contributed by atoms with Gasteiger partial charge in [-0.1, -0.05) is 26.6 Å². The Hall–Kier alpha value is 0.394. The van der Waals surface area contributed by atoms with Gasteiger partial charge in [0.25, 0.3) is 0 Å². The summed E-state index contributed by atoms with van der Waals surface area (Å²) in [6.07, 6.45) is 0. The number of nitrogens with zero attached hydrogens (tertiary/aromatic N) is 1. The summed E-state index contributed by atoms with van der Waals surface area (Å²) in [5, 5.41) is 1.04. The van der Waals surface area contributed by atoms with Gasteiger partial charge in [0, 0.05) is 8.07 Å². The third kappa shape index (κ3) is 4.25. The Labute approximate surface area is 68.7 Å². The van der Waals surface area contributed by atoms with Crippen molar-refractivity contribution in [1.29, 1.82) is 0 Å². The van der Waals surface area contributed by atoms with Crippen molar-refractivity contribution >= 4 is 17.8 Å². The monoisotopic (exact) mass is 175 g/mol. The van der Waals surface area contributed by atoms with Crippen molar-refractivity contribution in [1.82, 2.24) is 4.57 Å². The van der Waals surface area contributed by atoms with Crippen molar-refractivity contribution in [2.75, 3.05) is 14.1 Å². The van der Waals surface area contributed by atoms with E-state index in [1.165, 1.54) is 0 Å². The second-order valence-electron chi connectivity index (χ2n) is 4.53. The second kappa shape index (κ2) is 3.69. The van der Waals surface area contributed by atoms with Gasteiger partial charge < -0.3 is 4.57 Å². The normalized spacial score (nSPS) is 17.1. The maximum Gasteiger partial charge on any atom is 0.0945 e. The number of hydrogen-bond acceptors (Lipinski definition) is 1. The highest BCUT2D eigenvalue weighted by molar-refractivity contribution is 6.84. The van der Waals surface area contributed by atoms with Crippen LogP contribution in [0.2, 0.25) is 24.8 Å². The minimum absolute atomic E-state index is 0.0613. The molecule has 0 aromatic rings. The first-order valence-electron chi connectivity index (χ1n) is 3.98. The summed E-state index contributed by atoms with van der Waals surface area (Å²) in [4.78, 5) is 0. The first-order chi connectivity index (χ1) is 4.34. The van der Waals surface area contributed by atoms with E-state index in [-0.39, 0.29) is 9.68 Å². The van der Waals surface area contributed by atoms with Gasteiger partial charge in [0.2, 0.25) is 0 Å². The van der Waals surface area contributed by atoms with Crippen LogP contribution in [-0.4, -0.2) is 36.4 Å². The molecule has 10 heavy (non-hydrogen) atoms. The van der Waals surface area contributed by atoms with Crippen LogP contribution in [0.3, 0.4) is 0 Å². The van der Waals surface area contributed by atoms with Crippen LogP contribution < -0.4 is 0 Å². The molecule has 0 aliphatic rings. The summed E-state index contributed by atoms with van der Waals surface area (Å²) in [5.74, 6) is 0. The first-order valence-corrected chi connectivity index (χ1v) is 9.01. The lowest BCUT2D eigenvalue weighted by atomic mass is 10.9. The van der Waals surface area contributed by atoms with Gasteiger partial charge in [-0.05, 0) is 19.3 Å². The zero-order chi connectivity index (χ0) is 8.36. The van der Waals surface area contributed by atoms with Crippen LogP contribution >= 0.6 is 0 Å². The fourth-order valence-electron chi connectivity index (χ4n) is 0.822. The highest BCUT2D eigenvalue weighted by Crippen LogP contribution is 2.19. The molecule has 0 fully saturated rings. The molecule has 0 saturated carbocycles. The smallest absolute Gasteiger partial charge is 0.0945 e. The zero-order valence-corrected chi connectivity index (χ0v) is 10.6. The van der Waals surface area contributed by atoms with Gasteiger partial charge >= 0.3 is 0 Å². The topological polar surface area (TPSA) is 3.24 Å². The predicted octanol–water partition coefficient (Wildman–Crippen LogP) is 1.32. The lowest BCUT2D eigenvalue weighted by Crippen LogP contribution is -2.35. The van der Waals surface area contributed by atoms with Crippen molar-refractivity contribution in [3.8, 4) is 0 Å². The molecule has 0 amide bonds. The Kier molecular flexibility index (Phi) is 3.83. The van der Waals surface area contributed by atoms with Crippen molar-refractivity contribution in [2.45, 2.75) is 31.7 Å². The molecule has 0 N–H and O–H groups in total. The molecule has 1 unspecified atom stereocenters. The summed E-state index contributed by atoms with van der Waals surface area (Å²) < 4.78 is 2.42. The molecule has 0 saturated heterocycles. The van der Waals surface area contributed by atoms with Crippen LogP contribution in [0.5, 0.6) is 0 Å². The van der Waals surface area contributed by atoms with Gasteiger partial charge in [0.05, 0.1) is 9.68 Å². The average Bonchev–Trinajstić information content (AvgIpc) is 1.60. The van der Waals surface area contributed by atoms with Gasteiger partial charge in [-0.25, -0.2) is 0 Å². The minimum atomic E-state index is -0.803. The van der Waals surface area contributed by atoms with Crippen molar-refractivity contribution in [3.05, 3.63) is 0 Å². The largest absolute Gasteiger partial charge is 0.334 e. The molecule has 62 valence electrons. The standard InChI is InChI=1S/C7H21NSi2/c1-7(9-8(2)3)10(4,5)6/h7H,9H2,1-6H3. The highest BCUT2D eigenvalue weighted by Gasteiger charge is 2.22. The van der Waals surface area contributed by atoms with E-state index in [0.29, 0.717) is 0 Å². The third-order valence-corrected chi connectivity index (χ3v) is 10.6. The van der Waals surface area contributed by atoms with Crippen LogP contribution in [0.4, 0.5) is 0 Å². The molecule has 0 heterocycles. The fraction of sp³-hybridized carbons (Fsp3) is 1.00. The van der Waals surface area contributed by atoms with Gasteiger partial charge in [0.15, 0.2) is 0 Å². The zero-order valence-electron chi connectivity index (χ0n) is 8.23. The lowest BCUT2D eigenvalue weighted by molar-refractivity contribution is 0.654. The van der Waals surface area contributed by atoms with Crippen LogP contribution in [-0.2, 0) is 0 Å². The molecule has 0 aliphatic carbocycles. The third-order valence-electron chi connectivity index (χ3n) is 2.12. The molecule has 1 nitrogen and oxygen atoms in total. The molecule has 0 spiro atoms. The second-order valence-corrected chi connectivity index (χ2v) is 13.9. The van der Waals surface area contributed by atoms with E-state index in [0.717, 1.165) is 5.16 Å². The van der Waals surface area contributed by atoms with Crippen LogP contribution in [0, 0.1) is 0 Å². The van der Waals surface area contributed by atoms with E-state index in [2.05, 4.69) is 45.2 Å². The highest BCUT2D eigenvalue weighted by atomic mass is 28.4. The van der Waals surface area contributed by atoms with E-state index in [1.807, 2.05) is 0 Å². The fourth-order valence-corrected chi connectivity index (χ4v) is 5.20. The number of rotatable bonds is 3. The van der Waals surface area contributed by atoms with E-state index < -0.39 is 8.07 Å². The Balaban J connectivity index is 3.73. The summed E-state index contributed by atoms with van der Waals surface area (Å²) in [7, 11) is 3.68. The van der Waals surface area contributed by atoms with Crippen LogP contribution in [0.1, 0.15) is 6.92 Å². The van der Waals surface area contributed by atoms with E-state index >= 15 is 0 Å². The van der Waals surface area contributed by atoms with Crippen molar-refractivity contribution < 1.29 is 0 Å². The summed E-state index contributed by atoms with van der Waals surface area (Å²) >= 11 is 0. The summed E-state index contributed by atoms with van der Waals surface area (Å²) in [5.41, 5.74) is 0. The molecule has 0 aromatic heterocycles. The SMILES string of the molecule is CC([SiH2]N(C)C)[Si](C)(C)C. The summed E-state index contributed by atoms with van der Waals surface area (Å²) in [6, 6.07) is 0. The Bertz CT molecular complexity index is 96.3. The lowest BCUT2D eigenvalue weighted by Gasteiger charge is -2.27. The van der Waals surface area contributed by atoms with Gasteiger partial charge in [-0.3, -0.25) is 0 Å². The summed E-state index contributed by atoms with van der Waals surface area (Å²) in [6.45, 7) is 9.83. The van der Waals surface area contributed by atoms with Gasteiger partial charge in [-0.15, -0.1) is 0 Å². The van der Waals surface area contributed by atoms with E-state index in [4.69, 9.17) is 0 Å². The van der Waals surface area contributed by atoms with Crippen molar-refractivity contribution in [2.24, 2.45) is 0 Å². The molecule has 3 heteroatoms. The maximum atomic E-state index is 2.47. The molecule has 0 aromatic carbocycles. The van der Waals surface area contributed by atoms with E-state index in [1.54, 1.807) is 0 Å².